The predicted octanol–water partition coefficient (Wildman–Crippen LogP) is 35.1. The van der Waals surface area contributed by atoms with Crippen LogP contribution in [-0.2, 0) is 5.41 Å². The van der Waals surface area contributed by atoms with E-state index in [1.807, 2.05) is 72.8 Å². The first-order chi connectivity index (χ1) is 83.5. The monoisotopic (exact) mass is 1650 g/mol. The van der Waals surface area contributed by atoms with E-state index in [9.17, 15) is 24.7 Å². The van der Waals surface area contributed by atoms with Crippen LogP contribution in [-0.4, -0.2) is 0 Å². The van der Waals surface area contributed by atoms with Crippen LogP contribution in [0, 0.1) is 0 Å². The van der Waals surface area contributed by atoms with Crippen molar-refractivity contribution in [3.8, 4) is 89.0 Å². The van der Waals surface area contributed by atoms with Gasteiger partial charge in [0.1, 0.15) is 33.5 Å². The standard InChI is InChI=1S/C45H30O.C42H26O.C36H22O/c1-45(2)38-18-10-9-13-31(38)36-25-28(19-22-39(36)45)42-32-14-5-7-16-34(32)43(35-17-8-6-15-33(35)42)29-21-23-40-37(26-29)44-30-12-4-3-11-27(30)20-24-41(44)46-40;1-2-11-27(12-3-1)29-14-10-15-30(25-29)40-33-17-6-8-19-35(33)41(36-20-9-7-18-34(36)40)31-22-23-38-37(26-31)42-32-16-5-4-13-28(32)21-24-39(42)43-38;1-2-11-24(12-3-1)34-27-14-6-8-16-29(27)35(30-17-9-7-15-28(30)34)25-19-20-32-31(22-25)36-26-13-5-4-10-23(26)18-21-33(36)37-32/h3-26H,1-2H3;1-26H;1-22H/i3D,4D,5D,6D,7D,8D,11D,12D,14D,15D,16D,17D,20D,21D,23D,24D,26D;4D,5D,6D,7D,8D,9D,13D,16D,17D,18D,19D,20D,21D,22D,23D,24D,26D;4D,5D,6D,7D,8D,9D,10D,13D,14D,15D,16D,17D,18D,19D,20D,21D,22D. The van der Waals surface area contributed by atoms with Gasteiger partial charge in [-0.05, 0) is 264 Å². The Labute approximate surface area is 798 Å². The van der Waals surface area contributed by atoms with E-state index in [-0.39, 0.29) is 163 Å². The molecule has 0 amide bonds. The molecule has 0 unspecified atom stereocenters. The first kappa shape index (κ1) is 38.1. The Balaban J connectivity index is 0.000000132. The Morgan fingerprint density at radius 1 is 0.190 bits per heavy atom. The van der Waals surface area contributed by atoms with E-state index in [0.29, 0.717) is 22.3 Å². The van der Waals surface area contributed by atoms with E-state index < -0.39 is 364 Å². The molecule has 26 aromatic rings. The van der Waals surface area contributed by atoms with Crippen molar-refractivity contribution in [2.45, 2.75) is 19.3 Å². The quantitative estimate of drug-likeness (QED) is 0.149. The molecule has 0 bridgehead atoms. The van der Waals surface area contributed by atoms with Gasteiger partial charge in [0.2, 0.25) is 0 Å². The lowest BCUT2D eigenvalue weighted by Crippen LogP contribution is -2.14. The number of furan rings is 3. The molecule has 0 aliphatic heterocycles. The van der Waals surface area contributed by atoms with Crippen LogP contribution in [0.15, 0.2) is 449 Å². The third-order valence-corrected chi connectivity index (χ3v) is 23.2. The van der Waals surface area contributed by atoms with Gasteiger partial charge in [-0.25, -0.2) is 0 Å². The van der Waals surface area contributed by atoms with Crippen molar-refractivity contribution in [3.63, 3.8) is 0 Å². The van der Waals surface area contributed by atoms with Gasteiger partial charge in [0.15, 0.2) is 0 Å². The smallest absolute Gasteiger partial charge is 0.136 e. The lowest BCUT2D eigenvalue weighted by Gasteiger charge is -2.22. The third kappa shape index (κ3) is 11.5. The van der Waals surface area contributed by atoms with E-state index in [4.69, 9.17) is 58.5 Å². The van der Waals surface area contributed by atoms with E-state index in [2.05, 4.69) is 13.8 Å². The molecule has 0 saturated carbocycles. The average molecular weight is 1660 g/mol. The minimum atomic E-state index is -0.739. The molecule has 0 saturated heterocycles. The van der Waals surface area contributed by atoms with Gasteiger partial charge < -0.3 is 13.3 Å². The number of fused-ring (bicyclic) bond motifs is 24. The second kappa shape index (κ2) is 29.0. The molecule has 0 atom stereocenters. The number of hydrogen-bond acceptors (Lipinski definition) is 3. The van der Waals surface area contributed by atoms with Crippen molar-refractivity contribution < 1.29 is 83.2 Å². The number of benzene rings is 23. The summed E-state index contributed by atoms with van der Waals surface area (Å²) < 4.78 is 475. The van der Waals surface area contributed by atoms with Crippen molar-refractivity contribution in [2.75, 3.05) is 0 Å². The zero-order valence-electron chi connectivity index (χ0n) is 116. The van der Waals surface area contributed by atoms with Crippen LogP contribution >= 0.6 is 0 Å². The largest absolute Gasteiger partial charge is 0.456 e. The van der Waals surface area contributed by atoms with E-state index in [1.165, 1.54) is 0 Å². The van der Waals surface area contributed by atoms with Crippen LogP contribution in [0.1, 0.15) is 94.9 Å². The van der Waals surface area contributed by atoms with Crippen molar-refractivity contribution >= 4 is 163 Å². The molecule has 27 rings (SSSR count). The highest BCUT2D eigenvalue weighted by atomic mass is 16.3. The molecule has 0 fully saturated rings. The van der Waals surface area contributed by atoms with E-state index in [1.54, 1.807) is 54.6 Å². The van der Waals surface area contributed by atoms with Crippen LogP contribution in [0.3, 0.4) is 0 Å². The molecule has 0 radical (unpaired) electrons. The van der Waals surface area contributed by atoms with Crippen LogP contribution in [0.25, 0.3) is 252 Å². The molecule has 3 aromatic heterocycles. The normalized spacial score (nSPS) is 18.1. The molecular formula is C123H78O3. The first-order valence-electron chi connectivity index (χ1n) is 64.9. The molecule has 3 heteroatoms. The summed E-state index contributed by atoms with van der Waals surface area (Å²) in [5.41, 5.74) is 0.849. The Morgan fingerprint density at radius 2 is 0.468 bits per heavy atom. The third-order valence-electron chi connectivity index (χ3n) is 23.2. The fourth-order valence-corrected chi connectivity index (χ4v) is 17.7. The van der Waals surface area contributed by atoms with Gasteiger partial charge in [0.25, 0.3) is 0 Å². The molecular weight excluding hydrogens is 1530 g/mol. The Morgan fingerprint density at radius 3 is 0.841 bits per heavy atom. The van der Waals surface area contributed by atoms with Gasteiger partial charge in [0.05, 0.1) is 69.9 Å². The SMILES string of the molecule is [2H]c1c(-c2c3c([2H])c([2H])c([2H])c([2H])c3c(-c3ccc4c(c3)-c3ccccc3C4(C)C)c3c([2H])c([2H])c([2H])c([2H])c23)c([2H])c2c(oc3c([2H])c([2H])c4c([2H])c([2H])c([2H])c([2H])c4c32)c1[2H].[2H]c1c(-c2c3c([2H])c([2H])c([2H])c([2H])c3c(-c3cccc(-c4ccccc4)c3)c3c([2H])c([2H])c([2H])c([2H])c23)c([2H])c2c(oc3c([2H])c([2H])c4c([2H])c([2H])c([2H])c([2H])c4c32)c1[2H].[2H]c1c(-c2c3c([2H])c([2H])c([2H])c([2H])c3c(-c3ccccc3)c3c([2H])c([2H])c([2H])c([2H])c23)c([2H])c2c(oc3c([2H])c([2H])c4c([2H])c([2H])c([2H])c([2H])c4c32)c1[2H]. The summed E-state index contributed by atoms with van der Waals surface area (Å²) in [6, 6.07) is 4.26. The molecule has 1 aliphatic carbocycles. The van der Waals surface area contributed by atoms with Gasteiger partial charge in [-0.15, -0.1) is 0 Å². The molecule has 1 aliphatic rings. The maximum Gasteiger partial charge on any atom is 0.136 e. The topological polar surface area (TPSA) is 39.4 Å². The van der Waals surface area contributed by atoms with Gasteiger partial charge in [-0.2, -0.15) is 0 Å². The summed E-state index contributed by atoms with van der Waals surface area (Å²) in [5, 5.41) is -6.45. The van der Waals surface area contributed by atoms with Gasteiger partial charge in [0, 0.05) is 37.7 Å². The van der Waals surface area contributed by atoms with Crippen LogP contribution in [0.2, 0.25) is 0 Å². The minimum absolute atomic E-state index is 0.0309. The molecule has 588 valence electrons. The molecule has 0 spiro atoms. The highest BCUT2D eigenvalue weighted by molar-refractivity contribution is 6.28. The van der Waals surface area contributed by atoms with Crippen LogP contribution in [0.4, 0.5) is 0 Å². The Bertz CT molecular complexity index is 12100. The van der Waals surface area contributed by atoms with Crippen molar-refractivity contribution in [2.24, 2.45) is 0 Å². The summed E-state index contributed by atoms with van der Waals surface area (Å²) in [6.45, 7) is 4.16. The van der Waals surface area contributed by atoms with Crippen molar-refractivity contribution in [1.82, 2.24) is 0 Å². The van der Waals surface area contributed by atoms with E-state index in [0.717, 1.165) is 27.8 Å². The number of hydrogen-bond donors (Lipinski definition) is 0. The maximum atomic E-state index is 9.88. The average Bonchev–Trinajstić information content (AvgIpc) is 0.792. The summed E-state index contributed by atoms with van der Waals surface area (Å²) in [5.74, 6) is 0. The fraction of sp³-hybridized carbons (Fsp3) is 0.0244. The molecule has 3 heterocycles. The fourth-order valence-electron chi connectivity index (χ4n) is 17.7. The van der Waals surface area contributed by atoms with Crippen molar-refractivity contribution in [3.05, 3.63) is 447 Å². The summed E-state index contributed by atoms with van der Waals surface area (Å²) >= 11 is 0. The second-order valence-corrected chi connectivity index (χ2v) is 30.3. The molecule has 126 heavy (non-hydrogen) atoms. The lowest BCUT2D eigenvalue weighted by molar-refractivity contribution is 0.660. The highest BCUT2D eigenvalue weighted by Crippen LogP contribution is 2.54. The Hall–Kier alpha value is -16.2. The Kier molecular flexibility index (Phi) is 8.76. The van der Waals surface area contributed by atoms with Gasteiger partial charge in [-0.1, -0.05) is 383 Å². The van der Waals surface area contributed by atoms with Crippen LogP contribution in [0.5, 0.6) is 0 Å². The molecule has 0 N–H and O–H groups in total. The minimum Gasteiger partial charge on any atom is -0.456 e. The first-order valence-corrected chi connectivity index (χ1v) is 39.4. The second-order valence-electron chi connectivity index (χ2n) is 30.3. The molecule has 23 aromatic carbocycles. The summed E-state index contributed by atoms with van der Waals surface area (Å²) in [4.78, 5) is 0. The zero-order chi connectivity index (χ0) is 128. The van der Waals surface area contributed by atoms with E-state index >= 15 is 0 Å². The van der Waals surface area contributed by atoms with Gasteiger partial charge in [-0.3, -0.25) is 0 Å². The summed E-state index contributed by atoms with van der Waals surface area (Å²) in [7, 11) is 0. The van der Waals surface area contributed by atoms with Crippen molar-refractivity contribution in [1.29, 1.82) is 0 Å². The lowest BCUT2D eigenvalue weighted by atomic mass is 9.81. The van der Waals surface area contributed by atoms with Gasteiger partial charge >= 0.3 is 0 Å². The predicted molar refractivity (Wildman–Crippen MR) is 534 cm³/mol. The zero-order valence-corrected chi connectivity index (χ0v) is 65.3. The maximum absolute atomic E-state index is 9.88. The highest BCUT2D eigenvalue weighted by Gasteiger charge is 2.36. The summed E-state index contributed by atoms with van der Waals surface area (Å²) in [6.07, 6.45) is 0. The van der Waals surface area contributed by atoms with Crippen LogP contribution < -0.4 is 0 Å². The molecule has 3 nitrogen and oxygen atoms in total. The number of rotatable bonds is 7.